The van der Waals surface area contributed by atoms with E-state index >= 15 is 0 Å². The lowest BCUT2D eigenvalue weighted by Gasteiger charge is -2.17. The molecule has 7 nitrogen and oxygen atoms in total. The standard InChI is InChI=1S/C12H22BrN5O2/c1-8(19)9(14)6-15-10-7-16-18(5-4-17(2)3)12(20)11(10)13/h7-9,15,19H,4-6,14H2,1-3H3. The number of nitrogens with zero attached hydrogens (tertiary/aromatic N) is 3. The molecule has 0 aromatic carbocycles. The van der Waals surface area contributed by atoms with Crippen LogP contribution >= 0.6 is 15.9 Å². The fraction of sp³-hybridized carbons (Fsp3) is 0.667. The maximum absolute atomic E-state index is 12.1. The molecular weight excluding hydrogens is 326 g/mol. The average molecular weight is 348 g/mol. The van der Waals surface area contributed by atoms with Crippen LogP contribution in [0, 0.1) is 0 Å². The number of aliphatic hydroxyl groups is 1. The lowest BCUT2D eigenvalue weighted by Crippen LogP contribution is -2.39. The topological polar surface area (TPSA) is 96.4 Å². The molecule has 0 fully saturated rings. The average Bonchev–Trinajstić information content (AvgIpc) is 2.38. The van der Waals surface area contributed by atoms with Crippen LogP contribution in [-0.4, -0.2) is 59.1 Å². The monoisotopic (exact) mass is 347 g/mol. The van der Waals surface area contributed by atoms with Crippen LogP contribution in [0.25, 0.3) is 0 Å². The summed E-state index contributed by atoms with van der Waals surface area (Å²) in [6.07, 6.45) is 0.963. The molecule has 2 unspecified atom stereocenters. The molecule has 0 bridgehead atoms. The molecule has 0 saturated carbocycles. The van der Waals surface area contributed by atoms with Crippen molar-refractivity contribution in [2.75, 3.05) is 32.5 Å². The van der Waals surface area contributed by atoms with Crippen LogP contribution in [0.15, 0.2) is 15.5 Å². The van der Waals surface area contributed by atoms with E-state index in [1.807, 2.05) is 19.0 Å². The molecule has 114 valence electrons. The van der Waals surface area contributed by atoms with Crippen molar-refractivity contribution >= 4 is 21.6 Å². The van der Waals surface area contributed by atoms with Crippen LogP contribution in [-0.2, 0) is 6.54 Å². The first-order valence-corrected chi connectivity index (χ1v) is 7.20. The van der Waals surface area contributed by atoms with Crippen LogP contribution in [0.4, 0.5) is 5.69 Å². The van der Waals surface area contributed by atoms with Gasteiger partial charge in [0.25, 0.3) is 5.56 Å². The van der Waals surface area contributed by atoms with Gasteiger partial charge in [0.2, 0.25) is 0 Å². The first-order valence-electron chi connectivity index (χ1n) is 6.40. The van der Waals surface area contributed by atoms with E-state index in [9.17, 15) is 9.90 Å². The minimum absolute atomic E-state index is 0.192. The van der Waals surface area contributed by atoms with Gasteiger partial charge in [-0.2, -0.15) is 5.10 Å². The fourth-order valence-electron chi connectivity index (χ4n) is 1.44. The summed E-state index contributed by atoms with van der Waals surface area (Å²) in [7, 11) is 3.88. The fourth-order valence-corrected chi connectivity index (χ4v) is 1.89. The Morgan fingerprint density at radius 3 is 2.80 bits per heavy atom. The maximum Gasteiger partial charge on any atom is 0.283 e. The minimum Gasteiger partial charge on any atom is -0.392 e. The number of aromatic nitrogens is 2. The van der Waals surface area contributed by atoms with E-state index in [0.717, 1.165) is 6.54 Å². The minimum atomic E-state index is -0.616. The summed E-state index contributed by atoms with van der Waals surface area (Å²) < 4.78 is 1.83. The summed E-state index contributed by atoms with van der Waals surface area (Å²) in [6, 6.07) is -0.405. The largest absolute Gasteiger partial charge is 0.392 e. The van der Waals surface area contributed by atoms with Crippen molar-refractivity contribution in [2.45, 2.75) is 25.6 Å². The van der Waals surface area contributed by atoms with E-state index in [-0.39, 0.29) is 5.56 Å². The molecule has 2 atom stereocenters. The molecule has 1 aromatic rings. The van der Waals surface area contributed by atoms with Crippen molar-refractivity contribution in [3.8, 4) is 0 Å². The Morgan fingerprint density at radius 2 is 2.25 bits per heavy atom. The van der Waals surface area contributed by atoms with Crippen LogP contribution < -0.4 is 16.6 Å². The normalized spacial score (nSPS) is 14.3. The first kappa shape index (κ1) is 17.1. The lowest BCUT2D eigenvalue weighted by atomic mass is 10.2. The molecule has 4 N–H and O–H groups in total. The van der Waals surface area contributed by atoms with Gasteiger partial charge in [0.15, 0.2) is 0 Å². The van der Waals surface area contributed by atoms with Crippen molar-refractivity contribution in [3.63, 3.8) is 0 Å². The lowest BCUT2D eigenvalue weighted by molar-refractivity contribution is 0.168. The second-order valence-corrected chi connectivity index (χ2v) is 5.78. The SMILES string of the molecule is CC(O)C(N)CNc1cnn(CCN(C)C)c(=O)c1Br. The number of aliphatic hydroxyl groups excluding tert-OH is 1. The van der Waals surface area contributed by atoms with Crippen LogP contribution in [0.3, 0.4) is 0 Å². The Morgan fingerprint density at radius 1 is 1.60 bits per heavy atom. The van der Waals surface area contributed by atoms with Crippen molar-refractivity contribution in [3.05, 3.63) is 21.0 Å². The van der Waals surface area contributed by atoms with Gasteiger partial charge < -0.3 is 21.1 Å². The third-order valence-corrected chi connectivity index (χ3v) is 3.66. The zero-order chi connectivity index (χ0) is 15.3. The van der Waals surface area contributed by atoms with Gasteiger partial charge in [-0.05, 0) is 36.9 Å². The van der Waals surface area contributed by atoms with Gasteiger partial charge in [-0.3, -0.25) is 4.79 Å². The van der Waals surface area contributed by atoms with Gasteiger partial charge in [-0.25, -0.2) is 4.68 Å². The molecule has 0 spiro atoms. The molecule has 0 aliphatic heterocycles. The summed E-state index contributed by atoms with van der Waals surface area (Å²) in [5, 5.41) is 16.5. The molecule has 1 heterocycles. The number of likely N-dealkylation sites (N-methyl/N-ethyl adjacent to an activating group) is 1. The number of halogens is 1. The first-order chi connectivity index (χ1) is 9.32. The number of hydrogen-bond acceptors (Lipinski definition) is 6. The molecule has 8 heteroatoms. The Hall–Kier alpha value is -0.960. The van der Waals surface area contributed by atoms with Crippen LogP contribution in [0.1, 0.15) is 6.92 Å². The molecule has 0 amide bonds. The highest BCUT2D eigenvalue weighted by Crippen LogP contribution is 2.15. The number of nitrogens with two attached hydrogens (primary N) is 1. The Balaban J connectivity index is 2.76. The third kappa shape index (κ3) is 4.86. The number of anilines is 1. The molecule has 1 rings (SSSR count). The van der Waals surface area contributed by atoms with E-state index < -0.39 is 12.1 Å². The highest BCUT2D eigenvalue weighted by Gasteiger charge is 2.12. The predicted molar refractivity (Wildman–Crippen MR) is 82.9 cm³/mol. The number of hydrogen-bond donors (Lipinski definition) is 3. The van der Waals surface area contributed by atoms with Gasteiger partial charge in [-0.1, -0.05) is 0 Å². The molecule has 0 radical (unpaired) electrons. The van der Waals surface area contributed by atoms with Crippen LogP contribution in [0.2, 0.25) is 0 Å². The van der Waals surface area contributed by atoms with Gasteiger partial charge >= 0.3 is 0 Å². The Labute approximate surface area is 126 Å². The summed E-state index contributed by atoms with van der Waals surface area (Å²) in [4.78, 5) is 14.1. The molecule has 20 heavy (non-hydrogen) atoms. The van der Waals surface area contributed by atoms with E-state index in [4.69, 9.17) is 5.73 Å². The van der Waals surface area contributed by atoms with Gasteiger partial charge in [0, 0.05) is 19.1 Å². The second kappa shape index (κ2) is 7.72. The summed E-state index contributed by atoms with van der Waals surface area (Å²) in [5.74, 6) is 0. The van der Waals surface area contributed by atoms with Crippen molar-refractivity contribution in [2.24, 2.45) is 5.73 Å². The molecular formula is C12H22BrN5O2. The smallest absolute Gasteiger partial charge is 0.283 e. The Kier molecular flexibility index (Phi) is 6.60. The summed E-state index contributed by atoms with van der Waals surface area (Å²) in [5.41, 5.74) is 6.11. The highest BCUT2D eigenvalue weighted by atomic mass is 79.9. The highest BCUT2D eigenvalue weighted by molar-refractivity contribution is 9.10. The zero-order valence-electron chi connectivity index (χ0n) is 12.0. The van der Waals surface area contributed by atoms with Gasteiger partial charge in [-0.15, -0.1) is 0 Å². The summed E-state index contributed by atoms with van der Waals surface area (Å²) >= 11 is 3.27. The zero-order valence-corrected chi connectivity index (χ0v) is 13.6. The van der Waals surface area contributed by atoms with E-state index in [1.54, 1.807) is 13.1 Å². The van der Waals surface area contributed by atoms with E-state index in [1.165, 1.54) is 4.68 Å². The summed E-state index contributed by atoms with van der Waals surface area (Å²) in [6.45, 7) is 3.24. The molecule has 0 saturated heterocycles. The van der Waals surface area contributed by atoms with E-state index in [2.05, 4.69) is 26.3 Å². The van der Waals surface area contributed by atoms with Crippen LogP contribution in [0.5, 0.6) is 0 Å². The van der Waals surface area contributed by atoms with Crippen molar-refractivity contribution in [1.82, 2.24) is 14.7 Å². The van der Waals surface area contributed by atoms with Crippen molar-refractivity contribution < 1.29 is 5.11 Å². The molecule has 0 aliphatic carbocycles. The van der Waals surface area contributed by atoms with Crippen molar-refractivity contribution in [1.29, 1.82) is 0 Å². The maximum atomic E-state index is 12.1. The number of nitrogens with one attached hydrogen (secondary N) is 1. The van der Waals surface area contributed by atoms with E-state index in [0.29, 0.717) is 23.2 Å². The second-order valence-electron chi connectivity index (χ2n) is 4.99. The predicted octanol–water partition coefficient (Wildman–Crippen LogP) is -0.313. The Bertz CT molecular complexity index is 489. The molecule has 0 aliphatic rings. The van der Waals surface area contributed by atoms with Gasteiger partial charge in [0.1, 0.15) is 4.47 Å². The quantitative estimate of drug-likeness (QED) is 0.626. The molecule has 1 aromatic heterocycles. The van der Waals surface area contributed by atoms with Gasteiger partial charge in [0.05, 0.1) is 24.5 Å². The third-order valence-electron chi connectivity index (χ3n) is 2.89. The number of rotatable bonds is 7.